The van der Waals surface area contributed by atoms with Gasteiger partial charge in [-0.25, -0.2) is 9.97 Å². The van der Waals surface area contributed by atoms with Crippen molar-refractivity contribution in [3.63, 3.8) is 0 Å². The molecule has 0 N–H and O–H groups in total. The molecule has 4 heterocycles. The molecule has 324 valence electrons. The normalized spacial score (nSPS) is 11.8. The zero-order chi connectivity index (χ0) is 45.4. The van der Waals surface area contributed by atoms with Gasteiger partial charge in [-0.05, 0) is 143 Å². The van der Waals surface area contributed by atoms with Crippen LogP contribution in [0, 0.1) is 0 Å². The maximum Gasteiger partial charge on any atom is 0.220 e. The van der Waals surface area contributed by atoms with Crippen LogP contribution in [0.15, 0.2) is 249 Å². The molecule has 0 saturated heterocycles. The molecule has 14 rings (SSSR count). The summed E-state index contributed by atoms with van der Waals surface area (Å²) in [5.74, 6) is 1.81. The number of hydrogen-bond acceptors (Lipinski definition) is 3. The molecule has 14 aromatic rings. The number of para-hydroxylation sites is 8. The summed E-state index contributed by atoms with van der Waals surface area (Å²) in [6.07, 6.45) is 0. The van der Waals surface area contributed by atoms with E-state index >= 15 is 0 Å². The Labute approximate surface area is 397 Å². The Kier molecular flexibility index (Phi) is 8.75. The standard InChI is InChI=1S/C62H41N7/c1-2-12-42(13-3-1)43-22-32-48(33-23-43)65(49-34-24-44(25-35-49)46-28-38-51(39-29-46)66-57-18-8-10-20-59(57)68-55-16-6-4-14-53(55)63-61(66)68)50-36-26-45(27-37-50)47-30-40-52(41-31-47)67-58-19-9-11-21-60(58)69-56-17-7-5-15-54(56)64-62(67)69/h1-41H. The number of fused-ring (bicyclic) bond motifs is 10. The van der Waals surface area contributed by atoms with E-state index in [2.05, 4.69) is 259 Å². The molecular weight excluding hydrogens is 843 g/mol. The van der Waals surface area contributed by atoms with Crippen LogP contribution in [0.5, 0.6) is 0 Å². The van der Waals surface area contributed by atoms with Gasteiger partial charge in [-0.2, -0.15) is 0 Å². The Morgan fingerprint density at radius 1 is 0.246 bits per heavy atom. The molecule has 0 aliphatic heterocycles. The third kappa shape index (κ3) is 6.29. The van der Waals surface area contributed by atoms with Gasteiger partial charge in [-0.1, -0.05) is 140 Å². The summed E-state index contributed by atoms with van der Waals surface area (Å²) in [5.41, 5.74) is 21.0. The smallest absolute Gasteiger partial charge is 0.220 e. The van der Waals surface area contributed by atoms with E-state index in [1.165, 1.54) is 11.1 Å². The van der Waals surface area contributed by atoms with E-state index < -0.39 is 0 Å². The number of hydrogen-bond donors (Lipinski definition) is 0. The van der Waals surface area contributed by atoms with Gasteiger partial charge in [0.15, 0.2) is 0 Å². The van der Waals surface area contributed by atoms with Crippen molar-refractivity contribution >= 4 is 72.8 Å². The number of nitrogens with zero attached hydrogens (tertiary/aromatic N) is 7. The van der Waals surface area contributed by atoms with Crippen LogP contribution in [0.1, 0.15) is 0 Å². The molecule has 0 unspecified atom stereocenters. The van der Waals surface area contributed by atoms with Crippen molar-refractivity contribution in [3.05, 3.63) is 249 Å². The Balaban J connectivity index is 0.789. The summed E-state index contributed by atoms with van der Waals surface area (Å²) in [6, 6.07) is 88.6. The molecule has 0 amide bonds. The van der Waals surface area contributed by atoms with E-state index in [4.69, 9.17) is 9.97 Å². The third-order valence-electron chi connectivity index (χ3n) is 13.6. The summed E-state index contributed by atoms with van der Waals surface area (Å²) in [7, 11) is 0. The van der Waals surface area contributed by atoms with E-state index in [9.17, 15) is 0 Å². The first kappa shape index (κ1) is 38.8. The van der Waals surface area contributed by atoms with Crippen LogP contribution in [0.2, 0.25) is 0 Å². The quantitative estimate of drug-likeness (QED) is 0.153. The number of anilines is 3. The number of benzene rings is 10. The Bertz CT molecular complexity index is 3960. The summed E-state index contributed by atoms with van der Waals surface area (Å²) in [4.78, 5) is 12.5. The van der Waals surface area contributed by atoms with E-state index in [0.717, 1.165) is 106 Å². The van der Waals surface area contributed by atoms with E-state index in [-0.39, 0.29) is 0 Å². The van der Waals surface area contributed by atoms with E-state index in [1.807, 2.05) is 12.1 Å². The van der Waals surface area contributed by atoms with Crippen molar-refractivity contribution in [2.24, 2.45) is 0 Å². The van der Waals surface area contributed by atoms with Crippen molar-refractivity contribution in [2.45, 2.75) is 0 Å². The Hall–Kier alpha value is -9.46. The van der Waals surface area contributed by atoms with Gasteiger partial charge in [0.25, 0.3) is 0 Å². The van der Waals surface area contributed by atoms with Gasteiger partial charge in [0.05, 0.1) is 44.1 Å². The highest BCUT2D eigenvalue weighted by Gasteiger charge is 2.19. The van der Waals surface area contributed by atoms with Crippen LogP contribution >= 0.6 is 0 Å². The molecule has 10 aromatic carbocycles. The average Bonchev–Trinajstić information content (AvgIpc) is 4.17. The van der Waals surface area contributed by atoms with E-state index in [0.29, 0.717) is 0 Å². The zero-order valence-corrected chi connectivity index (χ0v) is 37.3. The summed E-state index contributed by atoms with van der Waals surface area (Å²) in [6.45, 7) is 0. The van der Waals surface area contributed by atoms with Gasteiger partial charge in [0.2, 0.25) is 11.6 Å². The summed E-state index contributed by atoms with van der Waals surface area (Å²) < 4.78 is 9.04. The minimum absolute atomic E-state index is 0.907. The second-order valence-corrected chi connectivity index (χ2v) is 17.6. The molecule has 0 fully saturated rings. The van der Waals surface area contributed by atoms with Crippen LogP contribution < -0.4 is 4.90 Å². The fourth-order valence-electron chi connectivity index (χ4n) is 10.3. The lowest BCUT2D eigenvalue weighted by Crippen LogP contribution is -2.09. The lowest BCUT2D eigenvalue weighted by Gasteiger charge is -2.26. The highest BCUT2D eigenvalue weighted by atomic mass is 15.2. The topological polar surface area (TPSA) is 47.7 Å². The lowest BCUT2D eigenvalue weighted by molar-refractivity contribution is 1.11. The molecule has 69 heavy (non-hydrogen) atoms. The molecule has 7 nitrogen and oxygen atoms in total. The first-order valence-electron chi connectivity index (χ1n) is 23.3. The minimum Gasteiger partial charge on any atom is -0.311 e. The average molecular weight is 884 g/mol. The molecule has 0 radical (unpaired) electrons. The molecular formula is C62H41N7. The molecule has 0 bridgehead atoms. The Morgan fingerprint density at radius 3 is 0.913 bits per heavy atom. The Morgan fingerprint density at radius 2 is 0.536 bits per heavy atom. The molecule has 0 atom stereocenters. The van der Waals surface area contributed by atoms with Crippen molar-refractivity contribution in [1.82, 2.24) is 27.9 Å². The van der Waals surface area contributed by atoms with Crippen molar-refractivity contribution in [1.29, 1.82) is 0 Å². The monoisotopic (exact) mass is 883 g/mol. The molecule has 4 aromatic heterocycles. The number of imidazole rings is 4. The first-order chi connectivity index (χ1) is 34.2. The van der Waals surface area contributed by atoms with Gasteiger partial charge in [-0.15, -0.1) is 0 Å². The third-order valence-corrected chi connectivity index (χ3v) is 13.6. The second-order valence-electron chi connectivity index (χ2n) is 17.6. The van der Waals surface area contributed by atoms with Crippen molar-refractivity contribution in [2.75, 3.05) is 4.90 Å². The second kappa shape index (κ2) is 15.6. The van der Waals surface area contributed by atoms with Gasteiger partial charge < -0.3 is 4.90 Å². The van der Waals surface area contributed by atoms with Gasteiger partial charge >= 0.3 is 0 Å². The predicted molar refractivity (Wildman–Crippen MR) is 284 cm³/mol. The summed E-state index contributed by atoms with van der Waals surface area (Å²) in [5, 5.41) is 0. The van der Waals surface area contributed by atoms with Crippen molar-refractivity contribution in [3.8, 4) is 44.8 Å². The van der Waals surface area contributed by atoms with E-state index in [1.54, 1.807) is 0 Å². The summed E-state index contributed by atoms with van der Waals surface area (Å²) >= 11 is 0. The highest BCUT2D eigenvalue weighted by Crippen LogP contribution is 2.39. The molecule has 0 saturated carbocycles. The minimum atomic E-state index is 0.907. The molecule has 0 aliphatic carbocycles. The van der Waals surface area contributed by atoms with Crippen LogP contribution in [-0.2, 0) is 0 Å². The van der Waals surface area contributed by atoms with Crippen molar-refractivity contribution < 1.29 is 0 Å². The fraction of sp³-hybridized carbons (Fsp3) is 0. The van der Waals surface area contributed by atoms with Gasteiger partial charge in [0, 0.05) is 28.4 Å². The first-order valence-corrected chi connectivity index (χ1v) is 23.3. The largest absolute Gasteiger partial charge is 0.311 e. The molecule has 7 heteroatoms. The van der Waals surface area contributed by atoms with Crippen LogP contribution in [0.25, 0.3) is 100 Å². The highest BCUT2D eigenvalue weighted by molar-refractivity contribution is 5.94. The molecule has 0 spiro atoms. The number of rotatable bonds is 8. The maximum absolute atomic E-state index is 5.08. The maximum atomic E-state index is 5.08. The number of aromatic nitrogens is 6. The molecule has 0 aliphatic rings. The van der Waals surface area contributed by atoms with Gasteiger partial charge in [0.1, 0.15) is 0 Å². The lowest BCUT2D eigenvalue weighted by atomic mass is 10.0. The predicted octanol–water partition coefficient (Wildman–Crippen LogP) is 15.6. The van der Waals surface area contributed by atoms with Crippen LogP contribution in [0.4, 0.5) is 17.1 Å². The fourth-order valence-corrected chi connectivity index (χ4v) is 10.3. The van der Waals surface area contributed by atoms with Crippen LogP contribution in [-0.4, -0.2) is 27.9 Å². The van der Waals surface area contributed by atoms with Crippen LogP contribution in [0.3, 0.4) is 0 Å². The van der Waals surface area contributed by atoms with Gasteiger partial charge in [-0.3, -0.25) is 17.9 Å². The SMILES string of the molecule is c1ccc(-c2ccc(N(c3ccc(-c4ccc(-n5c6ccccc6n6c7ccccc7nc56)cc4)cc3)c3ccc(-c4ccc(-n5c6ccccc6n6c7ccccc7nc56)cc4)cc3)cc2)cc1. The zero-order valence-electron chi connectivity index (χ0n) is 37.3.